The van der Waals surface area contributed by atoms with Crippen LogP contribution in [-0.2, 0) is 6.54 Å². The summed E-state index contributed by atoms with van der Waals surface area (Å²) in [5, 5.41) is 5.30. The number of halogens is 1. The summed E-state index contributed by atoms with van der Waals surface area (Å²) in [4.78, 5) is 25.7. The lowest BCUT2D eigenvalue weighted by atomic mass is 10.2. The first-order valence-corrected chi connectivity index (χ1v) is 12.6. The summed E-state index contributed by atoms with van der Waals surface area (Å²) in [6.45, 7) is 8.07. The quantitative estimate of drug-likeness (QED) is 0.383. The molecule has 0 spiro atoms. The smallest absolute Gasteiger partial charge is 0.227 e. The Morgan fingerprint density at radius 2 is 1.83 bits per heavy atom. The number of hydrogen-bond acceptors (Lipinski definition) is 8. The van der Waals surface area contributed by atoms with Crippen LogP contribution in [0.15, 0.2) is 60.9 Å². The number of anilines is 3. The first kappa shape index (κ1) is 24.2. The van der Waals surface area contributed by atoms with Crippen LogP contribution in [0.3, 0.4) is 0 Å². The second-order valence-electron chi connectivity index (χ2n) is 9.15. The molecule has 1 saturated heterocycles. The van der Waals surface area contributed by atoms with Crippen LogP contribution in [0.1, 0.15) is 11.4 Å². The number of nitrogens with one attached hydrogen (secondary N) is 1. The molecule has 36 heavy (non-hydrogen) atoms. The molecule has 8 nitrogen and oxygen atoms in total. The lowest BCUT2D eigenvalue weighted by molar-refractivity contribution is 0.312. The zero-order chi connectivity index (χ0) is 24.9. The van der Waals surface area contributed by atoms with E-state index in [1.807, 2.05) is 55.6 Å². The molecule has 5 rings (SSSR count). The fourth-order valence-corrected chi connectivity index (χ4v) is 4.58. The number of benzene rings is 1. The van der Waals surface area contributed by atoms with Gasteiger partial charge in [-0.1, -0.05) is 17.7 Å². The Kier molecular flexibility index (Phi) is 7.44. The number of aromatic nitrogens is 4. The van der Waals surface area contributed by atoms with Crippen molar-refractivity contribution in [2.75, 3.05) is 61.4 Å². The SMILES string of the molecule is Cc1cc(N2CCN(C)CC2)nc(N(CCNc2ccnc3cc(Cl)ccc23)Cc2ccccn2)n1. The Balaban J connectivity index is 1.37. The van der Waals surface area contributed by atoms with Crippen molar-refractivity contribution in [2.45, 2.75) is 13.5 Å². The molecule has 3 aromatic heterocycles. The molecule has 0 radical (unpaired) electrons. The highest BCUT2D eigenvalue weighted by molar-refractivity contribution is 6.31. The zero-order valence-electron chi connectivity index (χ0n) is 20.7. The fourth-order valence-electron chi connectivity index (χ4n) is 4.41. The molecule has 0 amide bonds. The van der Waals surface area contributed by atoms with E-state index < -0.39 is 0 Å². The third kappa shape index (κ3) is 5.83. The van der Waals surface area contributed by atoms with E-state index in [-0.39, 0.29) is 0 Å². The molecule has 0 unspecified atom stereocenters. The number of pyridine rings is 2. The molecule has 0 atom stereocenters. The van der Waals surface area contributed by atoms with E-state index in [4.69, 9.17) is 21.6 Å². The van der Waals surface area contributed by atoms with Crippen molar-refractivity contribution in [2.24, 2.45) is 0 Å². The van der Waals surface area contributed by atoms with Gasteiger partial charge in [0.15, 0.2) is 0 Å². The summed E-state index contributed by atoms with van der Waals surface area (Å²) >= 11 is 6.16. The number of likely N-dealkylation sites (N-methyl/N-ethyl adjacent to an activating group) is 1. The summed E-state index contributed by atoms with van der Waals surface area (Å²) in [6.07, 6.45) is 3.63. The highest BCUT2D eigenvalue weighted by Crippen LogP contribution is 2.25. The number of fused-ring (bicyclic) bond motifs is 1. The van der Waals surface area contributed by atoms with Crippen LogP contribution in [0.25, 0.3) is 10.9 Å². The average Bonchev–Trinajstić information content (AvgIpc) is 2.88. The monoisotopic (exact) mass is 502 g/mol. The van der Waals surface area contributed by atoms with E-state index in [9.17, 15) is 0 Å². The molecule has 0 saturated carbocycles. The van der Waals surface area contributed by atoms with Gasteiger partial charge >= 0.3 is 0 Å². The first-order chi connectivity index (χ1) is 17.5. The molecule has 4 aromatic rings. The normalized spacial score (nSPS) is 14.2. The van der Waals surface area contributed by atoms with Crippen LogP contribution in [0.5, 0.6) is 0 Å². The molecule has 0 aliphatic carbocycles. The molecule has 1 aliphatic heterocycles. The Morgan fingerprint density at radius 3 is 2.64 bits per heavy atom. The van der Waals surface area contributed by atoms with Crippen molar-refractivity contribution in [1.82, 2.24) is 24.8 Å². The summed E-state index contributed by atoms with van der Waals surface area (Å²) < 4.78 is 0. The standard InChI is InChI=1S/C27H31ClN8/c1-20-17-26(35-15-13-34(2)14-16-35)33-27(32-20)36(19-22-5-3-4-9-29-22)12-11-31-24-8-10-30-25-18-21(28)6-7-23(24)25/h3-10,17-18H,11-16,19H2,1-2H3,(H,30,31). The molecule has 9 heteroatoms. The maximum Gasteiger partial charge on any atom is 0.227 e. The molecule has 1 aromatic carbocycles. The third-order valence-corrected chi connectivity index (χ3v) is 6.66. The van der Waals surface area contributed by atoms with Gasteiger partial charge in [0.1, 0.15) is 5.82 Å². The molecule has 4 heterocycles. The second-order valence-corrected chi connectivity index (χ2v) is 9.58. The van der Waals surface area contributed by atoms with E-state index in [2.05, 4.69) is 43.1 Å². The van der Waals surface area contributed by atoms with E-state index >= 15 is 0 Å². The molecule has 1 N–H and O–H groups in total. The van der Waals surface area contributed by atoms with Crippen molar-refractivity contribution in [3.8, 4) is 0 Å². The molecule has 1 fully saturated rings. The maximum absolute atomic E-state index is 6.16. The van der Waals surface area contributed by atoms with Gasteiger partial charge in [-0.05, 0) is 50.4 Å². The van der Waals surface area contributed by atoms with Crippen molar-refractivity contribution in [1.29, 1.82) is 0 Å². The highest BCUT2D eigenvalue weighted by Gasteiger charge is 2.19. The van der Waals surface area contributed by atoms with Gasteiger partial charge in [-0.3, -0.25) is 9.97 Å². The summed E-state index contributed by atoms with van der Waals surface area (Å²) in [7, 11) is 2.16. The number of aryl methyl sites for hydroxylation is 1. The van der Waals surface area contributed by atoms with Crippen molar-refractivity contribution in [3.05, 3.63) is 77.3 Å². The lowest BCUT2D eigenvalue weighted by Gasteiger charge is -2.34. The predicted octanol–water partition coefficient (Wildman–Crippen LogP) is 4.25. The van der Waals surface area contributed by atoms with Crippen LogP contribution in [0.4, 0.5) is 17.5 Å². The van der Waals surface area contributed by atoms with Crippen LogP contribution in [-0.4, -0.2) is 71.2 Å². The van der Waals surface area contributed by atoms with Gasteiger partial charge in [-0.2, -0.15) is 4.98 Å². The minimum absolute atomic E-state index is 0.626. The van der Waals surface area contributed by atoms with E-state index in [0.717, 1.165) is 65.9 Å². The topological polar surface area (TPSA) is 73.3 Å². The van der Waals surface area contributed by atoms with Gasteiger partial charge in [0.25, 0.3) is 0 Å². The molecule has 0 bridgehead atoms. The number of piperazine rings is 1. The number of hydrogen-bond donors (Lipinski definition) is 1. The van der Waals surface area contributed by atoms with E-state index in [1.54, 1.807) is 6.20 Å². The maximum atomic E-state index is 6.16. The minimum Gasteiger partial charge on any atom is -0.383 e. The van der Waals surface area contributed by atoms with Crippen molar-refractivity contribution in [3.63, 3.8) is 0 Å². The average molecular weight is 503 g/mol. The van der Waals surface area contributed by atoms with E-state index in [0.29, 0.717) is 24.7 Å². The summed E-state index contributed by atoms with van der Waals surface area (Å²) in [6, 6.07) is 15.8. The van der Waals surface area contributed by atoms with Crippen molar-refractivity contribution < 1.29 is 0 Å². The van der Waals surface area contributed by atoms with Crippen LogP contribution >= 0.6 is 11.6 Å². The first-order valence-electron chi connectivity index (χ1n) is 12.3. The summed E-state index contributed by atoms with van der Waals surface area (Å²) in [5.41, 5.74) is 3.84. The van der Waals surface area contributed by atoms with Crippen LogP contribution in [0.2, 0.25) is 5.02 Å². The zero-order valence-corrected chi connectivity index (χ0v) is 21.5. The molecule has 186 valence electrons. The summed E-state index contributed by atoms with van der Waals surface area (Å²) in [5.74, 6) is 1.71. The van der Waals surface area contributed by atoms with Gasteiger partial charge in [-0.25, -0.2) is 4.98 Å². The van der Waals surface area contributed by atoms with Crippen LogP contribution in [0, 0.1) is 6.92 Å². The van der Waals surface area contributed by atoms with Crippen LogP contribution < -0.4 is 15.1 Å². The lowest BCUT2D eigenvalue weighted by Crippen LogP contribution is -2.45. The highest BCUT2D eigenvalue weighted by atomic mass is 35.5. The molecular weight excluding hydrogens is 472 g/mol. The minimum atomic E-state index is 0.626. The Bertz CT molecular complexity index is 1310. The molecular formula is C27H31ClN8. The number of rotatable bonds is 8. The van der Waals surface area contributed by atoms with E-state index in [1.165, 1.54) is 0 Å². The fraction of sp³-hybridized carbons (Fsp3) is 0.333. The molecule has 1 aliphatic rings. The van der Waals surface area contributed by atoms with Crippen molar-refractivity contribution >= 4 is 40.0 Å². The largest absolute Gasteiger partial charge is 0.383 e. The Labute approximate surface area is 217 Å². The van der Waals surface area contributed by atoms with Gasteiger partial charge in [-0.15, -0.1) is 0 Å². The van der Waals surface area contributed by atoms with Gasteiger partial charge in [0, 0.05) is 79.5 Å². The van der Waals surface area contributed by atoms with Gasteiger partial charge in [0.05, 0.1) is 17.8 Å². The number of nitrogens with zero attached hydrogens (tertiary/aromatic N) is 7. The third-order valence-electron chi connectivity index (χ3n) is 6.42. The Morgan fingerprint density at radius 1 is 0.972 bits per heavy atom. The van der Waals surface area contributed by atoms with Gasteiger partial charge < -0.3 is 20.0 Å². The van der Waals surface area contributed by atoms with Gasteiger partial charge in [0.2, 0.25) is 5.95 Å². The second kappa shape index (κ2) is 11.1. The Hall–Kier alpha value is -3.49. The predicted molar refractivity (Wildman–Crippen MR) is 147 cm³/mol.